The lowest BCUT2D eigenvalue weighted by atomic mass is 10.2. The molecule has 0 saturated carbocycles. The molecule has 0 saturated heterocycles. The molecule has 2 N–H and O–H groups in total. The second-order valence-corrected chi connectivity index (χ2v) is 3.14. The van der Waals surface area contributed by atoms with Crippen LogP contribution < -0.4 is 5.73 Å². The van der Waals surface area contributed by atoms with Crippen molar-refractivity contribution in [1.29, 1.82) is 5.26 Å². The molecular formula is C10H8FN5. The standard InChI is InChI=1S/C10H8FN5/c11-7-1-3-8(4-2-7)16-6-14-15-10(16)9(13)5-12/h1-4,6,9H,13H2. The van der Waals surface area contributed by atoms with Crippen LogP contribution >= 0.6 is 0 Å². The summed E-state index contributed by atoms with van der Waals surface area (Å²) in [4.78, 5) is 0. The molecule has 1 aromatic carbocycles. The van der Waals surface area contributed by atoms with E-state index in [0.29, 0.717) is 11.5 Å². The van der Waals surface area contributed by atoms with E-state index in [0.717, 1.165) is 0 Å². The molecule has 80 valence electrons. The number of halogens is 1. The van der Waals surface area contributed by atoms with Gasteiger partial charge in [-0.1, -0.05) is 0 Å². The van der Waals surface area contributed by atoms with E-state index in [1.165, 1.54) is 18.5 Å². The second kappa shape index (κ2) is 4.08. The number of benzene rings is 1. The Labute approximate surface area is 90.9 Å². The third-order valence-corrected chi connectivity index (χ3v) is 2.10. The number of nitriles is 1. The van der Waals surface area contributed by atoms with E-state index < -0.39 is 6.04 Å². The van der Waals surface area contributed by atoms with Gasteiger partial charge in [0.25, 0.3) is 0 Å². The van der Waals surface area contributed by atoms with Gasteiger partial charge in [-0.2, -0.15) is 5.26 Å². The van der Waals surface area contributed by atoms with E-state index in [9.17, 15) is 4.39 Å². The molecule has 0 aliphatic heterocycles. The molecule has 0 radical (unpaired) electrons. The molecule has 1 aromatic heterocycles. The minimum Gasteiger partial charge on any atom is -0.310 e. The zero-order valence-corrected chi connectivity index (χ0v) is 8.21. The van der Waals surface area contributed by atoms with Crippen LogP contribution in [0.4, 0.5) is 4.39 Å². The van der Waals surface area contributed by atoms with Crippen molar-refractivity contribution in [3.05, 3.63) is 42.2 Å². The largest absolute Gasteiger partial charge is 0.310 e. The minimum atomic E-state index is -0.854. The molecular weight excluding hydrogens is 209 g/mol. The normalized spacial score (nSPS) is 12.1. The van der Waals surface area contributed by atoms with Crippen molar-refractivity contribution in [1.82, 2.24) is 14.8 Å². The SMILES string of the molecule is N#CC(N)c1nncn1-c1ccc(F)cc1. The highest BCUT2D eigenvalue weighted by molar-refractivity contribution is 5.33. The quantitative estimate of drug-likeness (QED) is 0.811. The first-order valence-electron chi connectivity index (χ1n) is 4.53. The van der Waals surface area contributed by atoms with Crippen LogP contribution in [0.5, 0.6) is 0 Å². The van der Waals surface area contributed by atoms with Crippen molar-refractivity contribution in [3.8, 4) is 11.8 Å². The lowest BCUT2D eigenvalue weighted by molar-refractivity contribution is 0.627. The topological polar surface area (TPSA) is 80.5 Å². The number of hydrogen-bond donors (Lipinski definition) is 1. The molecule has 16 heavy (non-hydrogen) atoms. The molecule has 0 aliphatic carbocycles. The Hall–Kier alpha value is -2.26. The number of nitrogens with two attached hydrogens (primary N) is 1. The van der Waals surface area contributed by atoms with Gasteiger partial charge < -0.3 is 5.73 Å². The van der Waals surface area contributed by atoms with Crippen LogP contribution in [0.2, 0.25) is 0 Å². The molecule has 2 rings (SSSR count). The fraction of sp³-hybridized carbons (Fsp3) is 0.100. The fourth-order valence-electron chi connectivity index (χ4n) is 1.31. The van der Waals surface area contributed by atoms with Gasteiger partial charge in [-0.25, -0.2) is 4.39 Å². The minimum absolute atomic E-state index is 0.328. The van der Waals surface area contributed by atoms with Crippen molar-refractivity contribution in [3.63, 3.8) is 0 Å². The van der Waals surface area contributed by atoms with Gasteiger partial charge in [0.2, 0.25) is 0 Å². The highest BCUT2D eigenvalue weighted by atomic mass is 19.1. The molecule has 0 aliphatic rings. The highest BCUT2D eigenvalue weighted by Crippen LogP contribution is 2.14. The summed E-state index contributed by atoms with van der Waals surface area (Å²) in [5.74, 6) is -0.00272. The summed E-state index contributed by atoms with van der Waals surface area (Å²) in [6, 6.07) is 6.77. The molecule has 5 nitrogen and oxygen atoms in total. The highest BCUT2D eigenvalue weighted by Gasteiger charge is 2.13. The van der Waals surface area contributed by atoms with Crippen molar-refractivity contribution in [2.24, 2.45) is 5.73 Å². The number of hydrogen-bond acceptors (Lipinski definition) is 4. The fourth-order valence-corrected chi connectivity index (χ4v) is 1.31. The summed E-state index contributed by atoms with van der Waals surface area (Å²) in [7, 11) is 0. The summed E-state index contributed by atoms with van der Waals surface area (Å²) >= 11 is 0. The van der Waals surface area contributed by atoms with E-state index in [1.807, 2.05) is 6.07 Å². The molecule has 0 spiro atoms. The van der Waals surface area contributed by atoms with Crippen LogP contribution in [0.1, 0.15) is 11.9 Å². The lowest BCUT2D eigenvalue weighted by Crippen LogP contribution is -2.13. The van der Waals surface area contributed by atoms with E-state index in [-0.39, 0.29) is 5.82 Å². The van der Waals surface area contributed by atoms with Gasteiger partial charge in [0.1, 0.15) is 12.1 Å². The van der Waals surface area contributed by atoms with Gasteiger partial charge >= 0.3 is 0 Å². The first-order valence-corrected chi connectivity index (χ1v) is 4.53. The van der Waals surface area contributed by atoms with Crippen LogP contribution in [-0.2, 0) is 0 Å². The summed E-state index contributed by atoms with van der Waals surface area (Å²) in [5, 5.41) is 16.1. The van der Waals surface area contributed by atoms with Crippen LogP contribution in [0.15, 0.2) is 30.6 Å². The maximum Gasteiger partial charge on any atom is 0.169 e. The van der Waals surface area contributed by atoms with Crippen LogP contribution in [-0.4, -0.2) is 14.8 Å². The summed E-state index contributed by atoms with van der Waals surface area (Å²) in [6.45, 7) is 0. The van der Waals surface area contributed by atoms with Gasteiger partial charge in [-0.15, -0.1) is 10.2 Å². The smallest absolute Gasteiger partial charge is 0.169 e. The monoisotopic (exact) mass is 217 g/mol. The maximum absolute atomic E-state index is 12.7. The average molecular weight is 217 g/mol. The van der Waals surface area contributed by atoms with Gasteiger partial charge in [0, 0.05) is 5.69 Å². The van der Waals surface area contributed by atoms with E-state index in [4.69, 9.17) is 11.0 Å². The van der Waals surface area contributed by atoms with Crippen LogP contribution in [0.25, 0.3) is 5.69 Å². The zero-order chi connectivity index (χ0) is 11.5. The first-order chi connectivity index (χ1) is 7.72. The third-order valence-electron chi connectivity index (χ3n) is 2.10. The molecule has 0 amide bonds. The van der Waals surface area contributed by atoms with E-state index >= 15 is 0 Å². The van der Waals surface area contributed by atoms with Crippen molar-refractivity contribution >= 4 is 0 Å². The van der Waals surface area contributed by atoms with Gasteiger partial charge in [0.15, 0.2) is 11.9 Å². The van der Waals surface area contributed by atoms with Gasteiger partial charge in [-0.05, 0) is 24.3 Å². The average Bonchev–Trinajstić information content (AvgIpc) is 2.78. The predicted octanol–water partition coefficient (Wildman–Crippen LogP) is 0.930. The van der Waals surface area contributed by atoms with Crippen molar-refractivity contribution in [2.75, 3.05) is 0 Å². The van der Waals surface area contributed by atoms with Crippen LogP contribution in [0, 0.1) is 17.1 Å². The third kappa shape index (κ3) is 1.76. The van der Waals surface area contributed by atoms with Gasteiger partial charge in [0.05, 0.1) is 6.07 Å². The Kier molecular flexibility index (Phi) is 2.62. The van der Waals surface area contributed by atoms with E-state index in [1.54, 1.807) is 16.7 Å². The second-order valence-electron chi connectivity index (χ2n) is 3.14. The number of nitrogens with zero attached hydrogens (tertiary/aromatic N) is 4. The Balaban J connectivity index is 2.45. The Morgan fingerprint density at radius 3 is 2.69 bits per heavy atom. The Morgan fingerprint density at radius 2 is 2.06 bits per heavy atom. The summed E-state index contributed by atoms with van der Waals surface area (Å²) in [6.07, 6.45) is 1.43. The molecule has 6 heteroatoms. The molecule has 1 atom stereocenters. The number of aromatic nitrogens is 3. The molecule has 2 aromatic rings. The Morgan fingerprint density at radius 1 is 1.38 bits per heavy atom. The number of rotatable bonds is 2. The predicted molar refractivity (Wildman–Crippen MR) is 53.9 cm³/mol. The first kappa shape index (κ1) is 10.3. The van der Waals surface area contributed by atoms with Crippen LogP contribution in [0.3, 0.4) is 0 Å². The lowest BCUT2D eigenvalue weighted by Gasteiger charge is -2.06. The summed E-state index contributed by atoms with van der Waals surface area (Å²) in [5.41, 5.74) is 6.21. The molecule has 0 fully saturated rings. The molecule has 1 unspecified atom stereocenters. The van der Waals surface area contributed by atoms with Crippen molar-refractivity contribution in [2.45, 2.75) is 6.04 Å². The molecule has 1 heterocycles. The maximum atomic E-state index is 12.7. The van der Waals surface area contributed by atoms with E-state index in [2.05, 4.69) is 10.2 Å². The Bertz CT molecular complexity index is 525. The van der Waals surface area contributed by atoms with Crippen molar-refractivity contribution < 1.29 is 4.39 Å². The van der Waals surface area contributed by atoms with Gasteiger partial charge in [-0.3, -0.25) is 4.57 Å². The summed E-state index contributed by atoms with van der Waals surface area (Å²) < 4.78 is 14.3. The zero-order valence-electron chi connectivity index (χ0n) is 8.21. The molecule has 0 bridgehead atoms.